The second-order valence-electron chi connectivity index (χ2n) is 7.89. The number of benzene rings is 2. The molecule has 2 aliphatic rings. The summed E-state index contributed by atoms with van der Waals surface area (Å²) < 4.78 is 64.3. The summed E-state index contributed by atoms with van der Waals surface area (Å²) >= 11 is 0. The van der Waals surface area contributed by atoms with Crippen LogP contribution in [0.2, 0.25) is 0 Å². The lowest BCUT2D eigenvalue weighted by atomic mass is 9.81. The van der Waals surface area contributed by atoms with Crippen LogP contribution in [0.5, 0.6) is 11.5 Å². The molecule has 0 radical (unpaired) electrons. The maximum Gasteiger partial charge on any atom is 0.387 e. The predicted octanol–water partition coefficient (Wildman–Crippen LogP) is 5.07. The van der Waals surface area contributed by atoms with Crippen molar-refractivity contribution in [2.24, 2.45) is 0 Å². The van der Waals surface area contributed by atoms with Crippen molar-refractivity contribution < 1.29 is 31.8 Å². The molecular weight excluding hydrogens is 442 g/mol. The van der Waals surface area contributed by atoms with E-state index in [2.05, 4.69) is 9.84 Å². The number of carbonyl (C=O) groups is 1. The SMILES string of the molecule is O=C(c1ccccc1OC(F)F)N1CCC2(CC1)Oc1ccccc1-c1c2cnn1C(F)F. The van der Waals surface area contributed by atoms with Crippen molar-refractivity contribution in [2.75, 3.05) is 13.1 Å². The number of likely N-dealkylation sites (tertiary alicyclic amines) is 1. The van der Waals surface area contributed by atoms with Crippen molar-refractivity contribution in [3.05, 3.63) is 65.9 Å². The van der Waals surface area contributed by atoms with Gasteiger partial charge in [0, 0.05) is 37.1 Å². The number of fused-ring (bicyclic) bond motifs is 4. The number of rotatable bonds is 4. The van der Waals surface area contributed by atoms with Gasteiger partial charge in [-0.1, -0.05) is 24.3 Å². The number of amides is 1. The van der Waals surface area contributed by atoms with Crippen molar-refractivity contribution in [1.29, 1.82) is 0 Å². The second kappa shape index (κ2) is 8.09. The van der Waals surface area contributed by atoms with Crippen LogP contribution < -0.4 is 9.47 Å². The van der Waals surface area contributed by atoms with Crippen LogP contribution >= 0.6 is 0 Å². The lowest BCUT2D eigenvalue weighted by molar-refractivity contribution is -0.0504. The van der Waals surface area contributed by atoms with Crippen LogP contribution in [-0.4, -0.2) is 40.3 Å². The van der Waals surface area contributed by atoms with Gasteiger partial charge in [0.2, 0.25) is 0 Å². The quantitative estimate of drug-likeness (QED) is 0.509. The summed E-state index contributed by atoms with van der Waals surface area (Å²) in [7, 11) is 0. The van der Waals surface area contributed by atoms with Crippen LogP contribution in [0.25, 0.3) is 11.3 Å². The Hall–Kier alpha value is -3.56. The van der Waals surface area contributed by atoms with Gasteiger partial charge < -0.3 is 14.4 Å². The zero-order valence-electron chi connectivity index (χ0n) is 17.3. The third-order valence-electron chi connectivity index (χ3n) is 6.11. The minimum atomic E-state index is -3.05. The summed E-state index contributed by atoms with van der Waals surface area (Å²) in [6.07, 6.45) is 2.06. The van der Waals surface area contributed by atoms with Crippen LogP contribution in [0.4, 0.5) is 17.6 Å². The number of carbonyl (C=O) groups excluding carboxylic acids is 1. The van der Waals surface area contributed by atoms with Crippen LogP contribution in [0.15, 0.2) is 54.7 Å². The summed E-state index contributed by atoms with van der Waals surface area (Å²) in [5, 5.41) is 3.91. The summed E-state index contributed by atoms with van der Waals surface area (Å²) in [5.74, 6) is -0.162. The molecule has 2 aliphatic heterocycles. The summed E-state index contributed by atoms with van der Waals surface area (Å²) in [4.78, 5) is 14.6. The number of halogens is 4. The fraction of sp³-hybridized carbons (Fsp3) is 0.304. The number of para-hydroxylation sites is 2. The Bertz CT molecular complexity index is 1190. The molecule has 3 heterocycles. The Morgan fingerprint density at radius 2 is 1.73 bits per heavy atom. The molecule has 0 N–H and O–H groups in total. The number of hydrogen-bond acceptors (Lipinski definition) is 4. The smallest absolute Gasteiger partial charge is 0.387 e. The second-order valence-corrected chi connectivity index (χ2v) is 7.89. The standard InChI is InChI=1S/C23H19F4N3O3/c24-21(25)30-19-14-5-1-4-8-18(14)33-23(16(19)13-28-30)9-11-29(12-10-23)20(31)15-6-2-3-7-17(15)32-22(26)27/h1-8,13,21-22H,9-12H2. The van der Waals surface area contributed by atoms with Gasteiger partial charge in [0.1, 0.15) is 17.1 Å². The molecule has 1 fully saturated rings. The summed E-state index contributed by atoms with van der Waals surface area (Å²) in [6.45, 7) is -5.39. The molecule has 0 aliphatic carbocycles. The van der Waals surface area contributed by atoms with Gasteiger partial charge in [-0.25, -0.2) is 4.68 Å². The highest BCUT2D eigenvalue weighted by atomic mass is 19.3. The molecule has 1 saturated heterocycles. The van der Waals surface area contributed by atoms with E-state index in [1.54, 1.807) is 30.3 Å². The molecular formula is C23H19F4N3O3. The monoisotopic (exact) mass is 461 g/mol. The van der Waals surface area contributed by atoms with Crippen LogP contribution in [0.3, 0.4) is 0 Å². The molecule has 6 nitrogen and oxygen atoms in total. The van der Waals surface area contributed by atoms with Crippen molar-refractivity contribution in [3.8, 4) is 22.8 Å². The minimum Gasteiger partial charge on any atom is -0.482 e. The van der Waals surface area contributed by atoms with E-state index in [0.29, 0.717) is 40.1 Å². The Morgan fingerprint density at radius 1 is 1.03 bits per heavy atom. The molecule has 0 unspecified atom stereocenters. The van der Waals surface area contributed by atoms with E-state index in [1.165, 1.54) is 29.3 Å². The van der Waals surface area contributed by atoms with Gasteiger partial charge in [-0.3, -0.25) is 4.79 Å². The average molecular weight is 461 g/mol. The van der Waals surface area contributed by atoms with E-state index in [1.807, 2.05) is 0 Å². The van der Waals surface area contributed by atoms with E-state index in [0.717, 1.165) is 0 Å². The highest BCUT2D eigenvalue weighted by Gasteiger charge is 2.46. The van der Waals surface area contributed by atoms with Gasteiger partial charge in [-0.2, -0.15) is 22.7 Å². The third-order valence-corrected chi connectivity index (χ3v) is 6.11. The molecule has 0 bridgehead atoms. The number of hydrogen-bond donors (Lipinski definition) is 0. The maximum absolute atomic E-state index is 13.7. The van der Waals surface area contributed by atoms with Crippen LogP contribution in [0, 0.1) is 0 Å². The molecule has 0 atom stereocenters. The molecule has 1 spiro atoms. The van der Waals surface area contributed by atoms with Crippen molar-refractivity contribution in [3.63, 3.8) is 0 Å². The fourth-order valence-electron chi connectivity index (χ4n) is 4.58. The first-order chi connectivity index (χ1) is 15.9. The van der Waals surface area contributed by atoms with Crippen LogP contribution in [-0.2, 0) is 5.60 Å². The van der Waals surface area contributed by atoms with Crippen molar-refractivity contribution in [1.82, 2.24) is 14.7 Å². The molecule has 2 aromatic carbocycles. The first-order valence-corrected chi connectivity index (χ1v) is 10.4. The van der Waals surface area contributed by atoms with Gasteiger partial charge in [-0.15, -0.1) is 0 Å². The van der Waals surface area contributed by atoms with E-state index in [4.69, 9.17) is 4.74 Å². The molecule has 33 heavy (non-hydrogen) atoms. The van der Waals surface area contributed by atoms with Crippen LogP contribution in [0.1, 0.15) is 35.3 Å². The zero-order valence-corrected chi connectivity index (χ0v) is 17.3. The topological polar surface area (TPSA) is 56.6 Å². The van der Waals surface area contributed by atoms with E-state index < -0.39 is 24.7 Å². The van der Waals surface area contributed by atoms with Gasteiger partial charge in [0.15, 0.2) is 0 Å². The number of ether oxygens (including phenoxy) is 2. The molecule has 1 amide bonds. The Balaban J connectivity index is 1.43. The Labute approximate surface area is 186 Å². The number of alkyl halides is 4. The number of aromatic nitrogens is 2. The molecule has 0 saturated carbocycles. The Morgan fingerprint density at radius 3 is 2.45 bits per heavy atom. The van der Waals surface area contributed by atoms with Gasteiger partial charge >= 0.3 is 13.2 Å². The lowest BCUT2D eigenvalue weighted by Crippen LogP contribution is -2.49. The first-order valence-electron chi connectivity index (χ1n) is 10.4. The highest BCUT2D eigenvalue weighted by molar-refractivity contribution is 5.97. The van der Waals surface area contributed by atoms with E-state index in [-0.39, 0.29) is 24.4 Å². The normalized spacial score (nSPS) is 16.5. The van der Waals surface area contributed by atoms with Gasteiger partial charge in [-0.05, 0) is 24.3 Å². The molecule has 10 heteroatoms. The minimum absolute atomic E-state index is 0.0369. The van der Waals surface area contributed by atoms with Crippen molar-refractivity contribution in [2.45, 2.75) is 31.6 Å². The van der Waals surface area contributed by atoms with Gasteiger partial charge in [0.25, 0.3) is 5.91 Å². The third kappa shape index (κ3) is 3.59. The predicted molar refractivity (Wildman–Crippen MR) is 109 cm³/mol. The summed E-state index contributed by atoms with van der Waals surface area (Å²) in [5.41, 5.74) is 0.506. The molecule has 172 valence electrons. The van der Waals surface area contributed by atoms with E-state index in [9.17, 15) is 22.4 Å². The number of piperidine rings is 1. The molecule has 1 aromatic heterocycles. The summed E-state index contributed by atoms with van der Waals surface area (Å²) in [6, 6.07) is 12.8. The molecule has 3 aromatic rings. The largest absolute Gasteiger partial charge is 0.482 e. The van der Waals surface area contributed by atoms with Gasteiger partial charge in [0.05, 0.1) is 17.5 Å². The Kier molecular flexibility index (Phi) is 5.22. The maximum atomic E-state index is 13.7. The first kappa shape index (κ1) is 21.3. The van der Waals surface area contributed by atoms with E-state index >= 15 is 0 Å². The molecule has 5 rings (SSSR count). The lowest BCUT2D eigenvalue weighted by Gasteiger charge is -2.44. The van der Waals surface area contributed by atoms with Crippen molar-refractivity contribution >= 4 is 5.91 Å². The average Bonchev–Trinajstić information content (AvgIpc) is 3.26. The number of nitrogens with zero attached hydrogens (tertiary/aromatic N) is 3. The zero-order chi connectivity index (χ0) is 23.2. The fourth-order valence-corrected chi connectivity index (χ4v) is 4.58. The highest BCUT2D eigenvalue weighted by Crippen LogP contribution is 2.50.